The molecule has 6 heteroatoms. The molecule has 2 aromatic rings. The Morgan fingerprint density at radius 3 is 2.56 bits per heavy atom. The van der Waals surface area contributed by atoms with Gasteiger partial charge >= 0.3 is 12.1 Å². The van der Waals surface area contributed by atoms with E-state index in [1.165, 1.54) is 0 Å². The molecule has 2 rings (SSSR count). The number of hydrogen-bond donors (Lipinski definition) is 1. The Hall–Kier alpha value is -2.63. The lowest BCUT2D eigenvalue weighted by Gasteiger charge is -2.15. The Kier molecular flexibility index (Phi) is 8.04. The molecule has 1 atom stereocenters. The maximum atomic E-state index is 12.1. The highest BCUT2D eigenvalue weighted by Gasteiger charge is 2.11. The molecule has 0 saturated heterocycles. The summed E-state index contributed by atoms with van der Waals surface area (Å²) in [7, 11) is 0. The van der Waals surface area contributed by atoms with Gasteiger partial charge in [-0.2, -0.15) is 0 Å². The summed E-state index contributed by atoms with van der Waals surface area (Å²) in [6.45, 7) is 8.50. The topological polar surface area (TPSA) is 73.3 Å². The van der Waals surface area contributed by atoms with Crippen molar-refractivity contribution in [2.75, 3.05) is 11.9 Å². The van der Waals surface area contributed by atoms with Crippen molar-refractivity contribution in [3.63, 3.8) is 0 Å². The quantitative estimate of drug-likeness (QED) is 0.616. The van der Waals surface area contributed by atoms with Crippen LogP contribution in [0.1, 0.15) is 50.9 Å². The Bertz CT molecular complexity index is 729. The van der Waals surface area contributed by atoms with E-state index in [0.29, 0.717) is 24.0 Å². The molecule has 146 valence electrons. The molecular weight excluding hydrogens is 342 g/mol. The van der Waals surface area contributed by atoms with Crippen LogP contribution in [0.2, 0.25) is 0 Å². The lowest BCUT2D eigenvalue weighted by atomic mass is 10.0. The van der Waals surface area contributed by atoms with E-state index in [1.54, 1.807) is 24.3 Å². The van der Waals surface area contributed by atoms with Gasteiger partial charge in [0.05, 0.1) is 6.61 Å². The number of carbonyl (C=O) groups is 1. The van der Waals surface area contributed by atoms with Crippen molar-refractivity contribution in [2.24, 2.45) is 5.92 Å². The molecule has 0 radical (unpaired) electrons. The van der Waals surface area contributed by atoms with Crippen molar-refractivity contribution >= 4 is 11.8 Å². The third-order valence-electron chi connectivity index (χ3n) is 4.24. The van der Waals surface area contributed by atoms with Gasteiger partial charge in [-0.15, -0.1) is 0 Å². The van der Waals surface area contributed by atoms with Gasteiger partial charge in [0, 0.05) is 23.1 Å². The number of hydrogen-bond acceptors (Lipinski definition) is 5. The van der Waals surface area contributed by atoms with E-state index in [-0.39, 0.29) is 6.01 Å². The number of nitrogens with one attached hydrogen (secondary N) is 1. The second-order valence-electron chi connectivity index (χ2n) is 6.70. The predicted octanol–water partition coefficient (Wildman–Crippen LogP) is 5.65. The largest absolute Gasteiger partial charge is 0.449 e. The van der Waals surface area contributed by atoms with Gasteiger partial charge in [-0.25, -0.2) is 14.8 Å². The average molecular weight is 371 g/mol. The van der Waals surface area contributed by atoms with Gasteiger partial charge in [0.2, 0.25) is 0 Å². The van der Waals surface area contributed by atoms with Crippen LogP contribution in [-0.2, 0) is 4.74 Å². The number of amides is 1. The van der Waals surface area contributed by atoms with Crippen LogP contribution in [0.15, 0.2) is 30.3 Å². The van der Waals surface area contributed by atoms with Gasteiger partial charge in [0.1, 0.15) is 5.75 Å². The zero-order valence-corrected chi connectivity index (χ0v) is 16.6. The van der Waals surface area contributed by atoms with Crippen LogP contribution in [0.4, 0.5) is 10.5 Å². The highest BCUT2D eigenvalue weighted by Crippen LogP contribution is 2.22. The SMILES string of the molecule is CCCCC(CC)COC(=O)Nc1cccc(Oc2nc(C)cc(C)n2)c1. The number of anilines is 1. The molecule has 1 unspecified atom stereocenters. The van der Waals surface area contributed by atoms with Crippen molar-refractivity contribution in [1.82, 2.24) is 9.97 Å². The zero-order valence-electron chi connectivity index (χ0n) is 16.6. The number of nitrogens with zero attached hydrogens (tertiary/aromatic N) is 2. The standard InChI is InChI=1S/C21H29N3O3/c1-5-7-9-17(6-2)14-26-21(25)24-18-10-8-11-19(13-18)27-20-22-15(3)12-16(4)23-20/h8,10-13,17H,5-7,9,14H2,1-4H3,(H,24,25). The molecule has 6 nitrogen and oxygen atoms in total. The van der Waals surface area contributed by atoms with Crippen LogP contribution < -0.4 is 10.1 Å². The molecular formula is C21H29N3O3. The summed E-state index contributed by atoms with van der Waals surface area (Å²) in [6, 6.07) is 9.25. The minimum atomic E-state index is -0.454. The van der Waals surface area contributed by atoms with Crippen molar-refractivity contribution in [2.45, 2.75) is 53.4 Å². The summed E-state index contributed by atoms with van der Waals surface area (Å²) < 4.78 is 11.1. The fourth-order valence-corrected chi connectivity index (χ4v) is 2.73. The molecule has 27 heavy (non-hydrogen) atoms. The number of aryl methyl sites for hydroxylation is 2. The number of carbonyl (C=O) groups excluding carboxylic acids is 1. The smallest absolute Gasteiger partial charge is 0.411 e. The monoisotopic (exact) mass is 371 g/mol. The molecule has 0 aliphatic heterocycles. The molecule has 0 saturated carbocycles. The van der Waals surface area contributed by atoms with E-state index in [9.17, 15) is 4.79 Å². The summed E-state index contributed by atoms with van der Waals surface area (Å²) in [6.07, 6.45) is 3.94. The molecule has 1 amide bonds. The molecule has 1 aromatic carbocycles. The maximum absolute atomic E-state index is 12.1. The van der Waals surface area contributed by atoms with Gasteiger partial charge < -0.3 is 9.47 Å². The Balaban J connectivity index is 1.91. The van der Waals surface area contributed by atoms with Crippen molar-refractivity contribution < 1.29 is 14.3 Å². The molecule has 0 bridgehead atoms. The van der Waals surface area contributed by atoms with Gasteiger partial charge in [-0.3, -0.25) is 5.32 Å². The lowest BCUT2D eigenvalue weighted by Crippen LogP contribution is -2.18. The Labute approximate surface area is 161 Å². The summed E-state index contributed by atoms with van der Waals surface area (Å²) in [5.41, 5.74) is 2.27. The first-order valence-electron chi connectivity index (χ1n) is 9.54. The molecule has 1 aromatic heterocycles. The average Bonchev–Trinajstić information content (AvgIpc) is 2.61. The van der Waals surface area contributed by atoms with E-state index in [0.717, 1.165) is 37.1 Å². The third kappa shape index (κ3) is 7.25. The summed E-state index contributed by atoms with van der Waals surface area (Å²) in [4.78, 5) is 20.6. The number of rotatable bonds is 9. The van der Waals surface area contributed by atoms with Crippen molar-refractivity contribution in [3.05, 3.63) is 41.7 Å². The Morgan fingerprint density at radius 2 is 1.89 bits per heavy atom. The maximum Gasteiger partial charge on any atom is 0.411 e. The van der Waals surface area contributed by atoms with Crippen LogP contribution in [0, 0.1) is 19.8 Å². The highest BCUT2D eigenvalue weighted by molar-refractivity contribution is 5.84. The predicted molar refractivity (Wildman–Crippen MR) is 106 cm³/mol. The lowest BCUT2D eigenvalue weighted by molar-refractivity contribution is 0.136. The number of benzene rings is 1. The first kappa shape index (κ1) is 20.7. The highest BCUT2D eigenvalue weighted by atomic mass is 16.5. The van der Waals surface area contributed by atoms with Crippen molar-refractivity contribution in [3.8, 4) is 11.8 Å². The number of aromatic nitrogens is 2. The first-order chi connectivity index (χ1) is 13.0. The first-order valence-corrected chi connectivity index (χ1v) is 9.54. The second kappa shape index (κ2) is 10.5. The minimum Gasteiger partial charge on any atom is -0.449 e. The van der Waals surface area contributed by atoms with Gasteiger partial charge in [-0.1, -0.05) is 39.2 Å². The van der Waals surface area contributed by atoms with E-state index < -0.39 is 6.09 Å². The van der Waals surface area contributed by atoms with Crippen LogP contribution in [-0.4, -0.2) is 22.7 Å². The molecule has 0 aliphatic rings. The van der Waals surface area contributed by atoms with Crippen LogP contribution in [0.3, 0.4) is 0 Å². The number of ether oxygens (including phenoxy) is 2. The van der Waals surface area contributed by atoms with Crippen LogP contribution >= 0.6 is 0 Å². The normalized spacial score (nSPS) is 11.7. The van der Waals surface area contributed by atoms with Crippen LogP contribution in [0.5, 0.6) is 11.8 Å². The molecule has 0 spiro atoms. The van der Waals surface area contributed by atoms with E-state index in [4.69, 9.17) is 9.47 Å². The van der Waals surface area contributed by atoms with Gasteiger partial charge in [0.25, 0.3) is 0 Å². The fraction of sp³-hybridized carbons (Fsp3) is 0.476. The van der Waals surface area contributed by atoms with Gasteiger partial charge in [0.15, 0.2) is 0 Å². The van der Waals surface area contributed by atoms with Crippen LogP contribution in [0.25, 0.3) is 0 Å². The van der Waals surface area contributed by atoms with E-state index in [2.05, 4.69) is 29.1 Å². The molecule has 0 aliphatic carbocycles. The molecule has 1 heterocycles. The van der Waals surface area contributed by atoms with Gasteiger partial charge in [-0.05, 0) is 44.4 Å². The summed E-state index contributed by atoms with van der Waals surface area (Å²) in [5.74, 6) is 0.958. The third-order valence-corrected chi connectivity index (χ3v) is 4.24. The van der Waals surface area contributed by atoms with Crippen molar-refractivity contribution in [1.29, 1.82) is 0 Å². The summed E-state index contributed by atoms with van der Waals surface area (Å²) >= 11 is 0. The second-order valence-corrected chi connectivity index (χ2v) is 6.70. The molecule has 0 fully saturated rings. The van der Waals surface area contributed by atoms with E-state index >= 15 is 0 Å². The number of unbranched alkanes of at least 4 members (excludes halogenated alkanes) is 1. The fourth-order valence-electron chi connectivity index (χ4n) is 2.73. The Morgan fingerprint density at radius 1 is 1.15 bits per heavy atom. The summed E-state index contributed by atoms with van der Waals surface area (Å²) in [5, 5.41) is 2.74. The van der Waals surface area contributed by atoms with E-state index in [1.807, 2.05) is 19.9 Å². The molecule has 1 N–H and O–H groups in total. The minimum absolute atomic E-state index is 0.286. The zero-order chi connectivity index (χ0) is 19.6.